The molecule has 2 aromatic rings. The molecule has 22 heavy (non-hydrogen) atoms. The van der Waals surface area contributed by atoms with E-state index in [0.717, 1.165) is 30.6 Å². The molecule has 2 aromatic carbocycles. The van der Waals surface area contributed by atoms with E-state index in [-0.39, 0.29) is 11.7 Å². The number of benzene rings is 2. The highest BCUT2D eigenvalue weighted by Crippen LogP contribution is 2.22. The summed E-state index contributed by atoms with van der Waals surface area (Å²) in [4.78, 5) is 12.2. The molecule has 0 bridgehead atoms. The molecule has 1 N–H and O–H groups in total. The summed E-state index contributed by atoms with van der Waals surface area (Å²) >= 11 is 0. The van der Waals surface area contributed by atoms with Gasteiger partial charge in [0.2, 0.25) is 0 Å². The van der Waals surface area contributed by atoms with Crippen LogP contribution in [0.3, 0.4) is 0 Å². The molecule has 4 heteroatoms. The van der Waals surface area contributed by atoms with Crippen molar-refractivity contribution in [2.75, 3.05) is 13.2 Å². The van der Waals surface area contributed by atoms with Crippen molar-refractivity contribution in [1.82, 2.24) is 5.32 Å². The highest BCUT2D eigenvalue weighted by molar-refractivity contribution is 5.95. The molecule has 114 valence electrons. The van der Waals surface area contributed by atoms with Crippen molar-refractivity contribution in [2.45, 2.75) is 18.9 Å². The Morgan fingerprint density at radius 3 is 2.73 bits per heavy atom. The fraction of sp³-hybridized carbons (Fsp3) is 0.278. The standard InChI is InChI=1S/C18H18FNO2/c19-17-9-8-14(13-5-2-1-3-6-13)11-16(17)18(21)20-12-15-7-4-10-22-15/h1-3,5-6,8-9,11,15H,4,7,10,12H2,(H,20,21). The molecule has 1 aliphatic rings. The maximum absolute atomic E-state index is 13.9. The van der Waals surface area contributed by atoms with Gasteiger partial charge in [-0.05, 0) is 36.1 Å². The van der Waals surface area contributed by atoms with E-state index >= 15 is 0 Å². The van der Waals surface area contributed by atoms with Gasteiger partial charge < -0.3 is 10.1 Å². The van der Waals surface area contributed by atoms with Crippen LogP contribution in [0.15, 0.2) is 48.5 Å². The van der Waals surface area contributed by atoms with Crippen molar-refractivity contribution in [1.29, 1.82) is 0 Å². The minimum Gasteiger partial charge on any atom is -0.376 e. The molecule has 1 atom stereocenters. The smallest absolute Gasteiger partial charge is 0.254 e. The lowest BCUT2D eigenvalue weighted by Gasteiger charge is -2.12. The van der Waals surface area contributed by atoms with E-state index in [0.29, 0.717) is 6.54 Å². The molecule has 1 aliphatic heterocycles. The van der Waals surface area contributed by atoms with Crippen molar-refractivity contribution in [3.8, 4) is 11.1 Å². The molecule has 0 aromatic heterocycles. The van der Waals surface area contributed by atoms with E-state index < -0.39 is 11.7 Å². The second-order valence-electron chi connectivity index (χ2n) is 5.41. The van der Waals surface area contributed by atoms with E-state index in [4.69, 9.17) is 4.74 Å². The Morgan fingerprint density at radius 1 is 1.18 bits per heavy atom. The monoisotopic (exact) mass is 299 g/mol. The van der Waals surface area contributed by atoms with Gasteiger partial charge >= 0.3 is 0 Å². The van der Waals surface area contributed by atoms with Crippen LogP contribution in [0.4, 0.5) is 4.39 Å². The fourth-order valence-electron chi connectivity index (χ4n) is 2.62. The number of hydrogen-bond donors (Lipinski definition) is 1. The summed E-state index contributed by atoms with van der Waals surface area (Å²) in [5, 5.41) is 2.76. The summed E-state index contributed by atoms with van der Waals surface area (Å²) in [6, 6.07) is 14.2. The van der Waals surface area contributed by atoms with E-state index in [1.807, 2.05) is 30.3 Å². The van der Waals surface area contributed by atoms with Crippen molar-refractivity contribution < 1.29 is 13.9 Å². The Bertz CT molecular complexity index is 651. The van der Waals surface area contributed by atoms with Crippen LogP contribution in [0.25, 0.3) is 11.1 Å². The number of ether oxygens (including phenoxy) is 1. The summed E-state index contributed by atoms with van der Waals surface area (Å²) in [5.74, 6) is -0.907. The van der Waals surface area contributed by atoms with E-state index in [9.17, 15) is 9.18 Å². The van der Waals surface area contributed by atoms with Crippen molar-refractivity contribution in [3.05, 3.63) is 59.9 Å². The topological polar surface area (TPSA) is 38.3 Å². The van der Waals surface area contributed by atoms with Crippen LogP contribution < -0.4 is 5.32 Å². The van der Waals surface area contributed by atoms with Crippen molar-refractivity contribution >= 4 is 5.91 Å². The lowest BCUT2D eigenvalue weighted by atomic mass is 10.0. The number of nitrogens with one attached hydrogen (secondary N) is 1. The molecule has 0 radical (unpaired) electrons. The SMILES string of the molecule is O=C(NCC1CCCO1)c1cc(-c2ccccc2)ccc1F. The van der Waals surface area contributed by atoms with Gasteiger partial charge in [-0.25, -0.2) is 4.39 Å². The van der Waals surface area contributed by atoms with Crippen LogP contribution in [0, 0.1) is 5.82 Å². The van der Waals surface area contributed by atoms with Gasteiger partial charge in [0, 0.05) is 13.2 Å². The first kappa shape index (κ1) is 14.7. The van der Waals surface area contributed by atoms with Crippen molar-refractivity contribution in [2.24, 2.45) is 0 Å². The quantitative estimate of drug-likeness (QED) is 0.939. The normalized spacial score (nSPS) is 17.4. The molecule has 1 unspecified atom stereocenters. The lowest BCUT2D eigenvalue weighted by molar-refractivity contribution is 0.0854. The molecular formula is C18H18FNO2. The summed E-state index contributed by atoms with van der Waals surface area (Å²) in [6.45, 7) is 1.16. The minimum absolute atomic E-state index is 0.0457. The molecular weight excluding hydrogens is 281 g/mol. The lowest BCUT2D eigenvalue weighted by Crippen LogP contribution is -2.32. The van der Waals surface area contributed by atoms with Crippen LogP contribution in [0.5, 0.6) is 0 Å². The van der Waals surface area contributed by atoms with Gasteiger partial charge in [0.15, 0.2) is 0 Å². The van der Waals surface area contributed by atoms with Gasteiger partial charge in [-0.1, -0.05) is 36.4 Å². The van der Waals surface area contributed by atoms with Gasteiger partial charge in [-0.15, -0.1) is 0 Å². The third-order valence-electron chi connectivity index (χ3n) is 3.83. The maximum Gasteiger partial charge on any atom is 0.254 e. The number of carbonyl (C=O) groups is 1. The summed E-state index contributed by atoms with van der Waals surface area (Å²) in [7, 11) is 0. The van der Waals surface area contributed by atoms with Crippen LogP contribution in [0.2, 0.25) is 0 Å². The molecule has 0 spiro atoms. The number of rotatable bonds is 4. The largest absolute Gasteiger partial charge is 0.376 e. The minimum atomic E-state index is -0.510. The molecule has 3 rings (SSSR count). The first-order valence-electron chi connectivity index (χ1n) is 7.49. The van der Waals surface area contributed by atoms with Crippen LogP contribution in [0.1, 0.15) is 23.2 Å². The first-order valence-corrected chi connectivity index (χ1v) is 7.49. The van der Waals surface area contributed by atoms with Gasteiger partial charge in [-0.2, -0.15) is 0 Å². The summed E-state index contributed by atoms with van der Waals surface area (Å²) in [5.41, 5.74) is 1.85. The Hall–Kier alpha value is -2.20. The molecule has 1 amide bonds. The predicted molar refractivity (Wildman–Crippen MR) is 83.1 cm³/mol. The third kappa shape index (κ3) is 3.34. The Balaban J connectivity index is 1.75. The first-order chi connectivity index (χ1) is 10.7. The van der Waals surface area contributed by atoms with E-state index in [1.165, 1.54) is 6.07 Å². The third-order valence-corrected chi connectivity index (χ3v) is 3.83. The number of amides is 1. The zero-order valence-electron chi connectivity index (χ0n) is 12.2. The van der Waals surface area contributed by atoms with Crippen LogP contribution >= 0.6 is 0 Å². The molecule has 0 aliphatic carbocycles. The average molecular weight is 299 g/mol. The van der Waals surface area contributed by atoms with Crippen LogP contribution in [-0.4, -0.2) is 25.2 Å². The molecule has 1 saturated heterocycles. The van der Waals surface area contributed by atoms with Crippen LogP contribution in [-0.2, 0) is 4.74 Å². The maximum atomic E-state index is 13.9. The second kappa shape index (κ2) is 6.71. The summed E-state index contributed by atoms with van der Waals surface area (Å²) < 4.78 is 19.4. The average Bonchev–Trinajstić information content (AvgIpc) is 3.07. The van der Waals surface area contributed by atoms with Crippen molar-refractivity contribution in [3.63, 3.8) is 0 Å². The van der Waals surface area contributed by atoms with E-state index in [2.05, 4.69) is 5.32 Å². The number of halogens is 1. The molecule has 0 saturated carbocycles. The number of carbonyl (C=O) groups excluding carboxylic acids is 1. The molecule has 1 heterocycles. The predicted octanol–water partition coefficient (Wildman–Crippen LogP) is 3.40. The zero-order valence-corrected chi connectivity index (χ0v) is 12.2. The fourth-order valence-corrected chi connectivity index (χ4v) is 2.62. The molecule has 1 fully saturated rings. The molecule has 3 nitrogen and oxygen atoms in total. The Morgan fingerprint density at radius 2 is 2.00 bits per heavy atom. The highest BCUT2D eigenvalue weighted by Gasteiger charge is 2.18. The number of hydrogen-bond acceptors (Lipinski definition) is 2. The second-order valence-corrected chi connectivity index (χ2v) is 5.41. The zero-order chi connectivity index (χ0) is 15.4. The van der Waals surface area contributed by atoms with Gasteiger partial charge in [0.05, 0.1) is 11.7 Å². The van der Waals surface area contributed by atoms with E-state index in [1.54, 1.807) is 12.1 Å². The Kier molecular flexibility index (Phi) is 4.49. The van der Waals surface area contributed by atoms with Gasteiger partial charge in [0.1, 0.15) is 5.82 Å². The van der Waals surface area contributed by atoms with Gasteiger partial charge in [-0.3, -0.25) is 4.79 Å². The highest BCUT2D eigenvalue weighted by atomic mass is 19.1. The Labute approximate surface area is 129 Å². The van der Waals surface area contributed by atoms with Gasteiger partial charge in [0.25, 0.3) is 5.91 Å². The summed E-state index contributed by atoms with van der Waals surface area (Å²) in [6.07, 6.45) is 2.00.